The van der Waals surface area contributed by atoms with Gasteiger partial charge in [-0.05, 0) is 48.5 Å². The zero-order chi connectivity index (χ0) is 23.3. The second-order valence-electron chi connectivity index (χ2n) is 7.77. The van der Waals surface area contributed by atoms with E-state index in [1.165, 1.54) is 0 Å². The number of fused-ring (bicyclic) bond motifs is 2. The van der Waals surface area contributed by atoms with Crippen molar-refractivity contribution < 1.29 is 9.53 Å². The Morgan fingerprint density at radius 3 is 2.53 bits per heavy atom. The van der Waals surface area contributed by atoms with Crippen molar-refractivity contribution in [3.8, 4) is 5.75 Å². The van der Waals surface area contributed by atoms with Gasteiger partial charge in [-0.1, -0.05) is 48.2 Å². The zero-order valence-corrected chi connectivity index (χ0v) is 19.5. The number of nitrogens with one attached hydrogen (secondary N) is 1. The Balaban J connectivity index is 1.48. The monoisotopic (exact) mass is 465 g/mol. The normalized spacial score (nSPS) is 12.1. The van der Waals surface area contributed by atoms with E-state index in [9.17, 15) is 4.79 Å². The summed E-state index contributed by atoms with van der Waals surface area (Å²) in [6.45, 7) is 0.517. The fraction of sp³-hybridized carbons (Fsp3) is 0.107. The average Bonchev–Trinajstić information content (AvgIpc) is 3.05. The summed E-state index contributed by atoms with van der Waals surface area (Å²) in [6.07, 6.45) is 2.44. The van der Waals surface area contributed by atoms with Crippen molar-refractivity contribution in [3.05, 3.63) is 114 Å². The Bertz CT molecular complexity index is 1370. The molecule has 1 aliphatic rings. The van der Waals surface area contributed by atoms with Crippen LogP contribution < -0.4 is 10.1 Å². The maximum absolute atomic E-state index is 12.9. The SMILES string of the molecule is COc1ccccc1C1=Nc2cc(C(=O)NCCc3ccccn3)ccc2Sc2ccccc21. The highest BCUT2D eigenvalue weighted by Gasteiger charge is 2.21. The number of hydrogen-bond acceptors (Lipinski definition) is 5. The molecule has 34 heavy (non-hydrogen) atoms. The van der Waals surface area contributed by atoms with Gasteiger partial charge in [0.15, 0.2) is 0 Å². The van der Waals surface area contributed by atoms with Crippen LogP contribution in [-0.4, -0.2) is 30.3 Å². The van der Waals surface area contributed by atoms with E-state index in [2.05, 4.69) is 22.4 Å². The minimum Gasteiger partial charge on any atom is -0.496 e. The molecular weight excluding hydrogens is 442 g/mol. The molecule has 0 atom stereocenters. The number of aromatic nitrogens is 1. The van der Waals surface area contributed by atoms with Crippen LogP contribution in [0, 0.1) is 0 Å². The van der Waals surface area contributed by atoms with Crippen molar-refractivity contribution in [2.24, 2.45) is 4.99 Å². The highest BCUT2D eigenvalue weighted by Crippen LogP contribution is 2.42. The number of benzene rings is 3. The molecule has 0 fully saturated rings. The second-order valence-corrected chi connectivity index (χ2v) is 8.85. The van der Waals surface area contributed by atoms with Crippen molar-refractivity contribution in [2.75, 3.05) is 13.7 Å². The first-order valence-corrected chi connectivity index (χ1v) is 11.9. The number of carbonyl (C=O) groups excluding carboxylic acids is 1. The van der Waals surface area contributed by atoms with Gasteiger partial charge in [-0.15, -0.1) is 0 Å². The van der Waals surface area contributed by atoms with E-state index in [0.717, 1.165) is 43.8 Å². The van der Waals surface area contributed by atoms with E-state index >= 15 is 0 Å². The Morgan fingerprint density at radius 1 is 0.912 bits per heavy atom. The van der Waals surface area contributed by atoms with Crippen LogP contribution in [0.15, 0.2) is 106 Å². The summed E-state index contributed by atoms with van der Waals surface area (Å²) >= 11 is 1.66. The molecule has 4 aromatic rings. The third kappa shape index (κ3) is 4.58. The average molecular weight is 466 g/mol. The number of pyridine rings is 1. The van der Waals surface area contributed by atoms with Crippen molar-refractivity contribution in [1.29, 1.82) is 0 Å². The van der Waals surface area contributed by atoms with E-state index in [0.29, 0.717) is 18.5 Å². The van der Waals surface area contributed by atoms with E-state index < -0.39 is 0 Å². The van der Waals surface area contributed by atoms with Gasteiger partial charge in [0.1, 0.15) is 5.75 Å². The molecule has 0 unspecified atom stereocenters. The standard InChI is InChI=1S/C28H23N3O2S/c1-33-24-11-4-2-9-21(24)27-22-10-3-5-12-25(22)34-26-14-13-19(18-23(26)31-27)28(32)30-17-15-20-8-6-7-16-29-20/h2-14,16,18H,15,17H2,1H3,(H,30,32). The van der Waals surface area contributed by atoms with Gasteiger partial charge in [0, 0.05) is 51.3 Å². The number of amides is 1. The number of rotatable bonds is 6. The van der Waals surface area contributed by atoms with E-state index in [4.69, 9.17) is 9.73 Å². The number of para-hydroxylation sites is 1. The fourth-order valence-electron chi connectivity index (χ4n) is 3.88. The molecule has 0 radical (unpaired) electrons. The summed E-state index contributed by atoms with van der Waals surface area (Å²) in [5.41, 5.74) is 5.07. The highest BCUT2D eigenvalue weighted by atomic mass is 32.2. The molecule has 0 bridgehead atoms. The third-order valence-electron chi connectivity index (χ3n) is 5.57. The lowest BCUT2D eigenvalue weighted by molar-refractivity contribution is 0.0954. The molecule has 5 rings (SSSR count). The summed E-state index contributed by atoms with van der Waals surface area (Å²) in [6, 6.07) is 27.6. The lowest BCUT2D eigenvalue weighted by atomic mass is 10.0. The number of aliphatic imine (C=N–C) groups is 1. The largest absolute Gasteiger partial charge is 0.496 e. The lowest BCUT2D eigenvalue weighted by Crippen LogP contribution is -2.25. The Morgan fingerprint density at radius 2 is 1.71 bits per heavy atom. The first-order chi connectivity index (χ1) is 16.7. The fourth-order valence-corrected chi connectivity index (χ4v) is 4.88. The highest BCUT2D eigenvalue weighted by molar-refractivity contribution is 7.99. The Kier molecular flexibility index (Phi) is 6.40. The molecule has 0 saturated heterocycles. The van der Waals surface area contributed by atoms with Gasteiger partial charge >= 0.3 is 0 Å². The Labute approximate surface area is 202 Å². The summed E-state index contributed by atoms with van der Waals surface area (Å²) in [5.74, 6) is 0.632. The van der Waals surface area contributed by atoms with Crippen LogP contribution in [0.3, 0.4) is 0 Å². The molecule has 1 aliphatic heterocycles. The number of methoxy groups -OCH3 is 1. The van der Waals surface area contributed by atoms with Crippen LogP contribution in [0.5, 0.6) is 5.75 Å². The molecule has 0 saturated carbocycles. The molecule has 1 aromatic heterocycles. The number of carbonyl (C=O) groups is 1. The molecule has 0 spiro atoms. The Hall–Kier alpha value is -3.90. The predicted molar refractivity (Wildman–Crippen MR) is 136 cm³/mol. The predicted octanol–water partition coefficient (Wildman–Crippen LogP) is 5.70. The van der Waals surface area contributed by atoms with Gasteiger partial charge in [-0.25, -0.2) is 4.99 Å². The zero-order valence-electron chi connectivity index (χ0n) is 18.7. The summed E-state index contributed by atoms with van der Waals surface area (Å²) in [7, 11) is 1.66. The lowest BCUT2D eigenvalue weighted by Gasteiger charge is -2.12. The van der Waals surface area contributed by atoms with E-state index in [-0.39, 0.29) is 5.91 Å². The quantitative estimate of drug-likeness (QED) is 0.350. The van der Waals surface area contributed by atoms with Gasteiger partial charge in [0.2, 0.25) is 0 Å². The molecule has 1 amide bonds. The molecule has 3 aromatic carbocycles. The molecule has 1 N–H and O–H groups in total. The van der Waals surface area contributed by atoms with Crippen LogP contribution in [0.4, 0.5) is 5.69 Å². The molecule has 5 nitrogen and oxygen atoms in total. The smallest absolute Gasteiger partial charge is 0.251 e. The van der Waals surface area contributed by atoms with Crippen LogP contribution in [-0.2, 0) is 6.42 Å². The van der Waals surface area contributed by atoms with Gasteiger partial charge in [-0.2, -0.15) is 0 Å². The topological polar surface area (TPSA) is 63.6 Å². The van der Waals surface area contributed by atoms with Gasteiger partial charge in [0.25, 0.3) is 5.91 Å². The van der Waals surface area contributed by atoms with Crippen LogP contribution in [0.2, 0.25) is 0 Å². The maximum atomic E-state index is 12.9. The minimum absolute atomic E-state index is 0.125. The number of nitrogens with zero attached hydrogens (tertiary/aromatic N) is 2. The second kappa shape index (κ2) is 9.93. The van der Waals surface area contributed by atoms with Gasteiger partial charge < -0.3 is 10.1 Å². The minimum atomic E-state index is -0.125. The first-order valence-electron chi connectivity index (χ1n) is 11.0. The van der Waals surface area contributed by atoms with E-state index in [1.807, 2.05) is 72.8 Å². The van der Waals surface area contributed by atoms with Crippen molar-refractivity contribution in [3.63, 3.8) is 0 Å². The van der Waals surface area contributed by atoms with Crippen LogP contribution in [0.1, 0.15) is 27.2 Å². The van der Waals surface area contributed by atoms with Crippen LogP contribution >= 0.6 is 11.8 Å². The van der Waals surface area contributed by atoms with Crippen molar-refractivity contribution in [2.45, 2.75) is 16.2 Å². The molecule has 6 heteroatoms. The first kappa shape index (κ1) is 21.9. The van der Waals surface area contributed by atoms with Gasteiger partial charge in [0.05, 0.1) is 18.5 Å². The van der Waals surface area contributed by atoms with Crippen molar-refractivity contribution in [1.82, 2.24) is 10.3 Å². The molecule has 2 heterocycles. The summed E-state index contributed by atoms with van der Waals surface area (Å²) in [5, 5.41) is 2.99. The molecule has 0 aliphatic carbocycles. The summed E-state index contributed by atoms with van der Waals surface area (Å²) < 4.78 is 5.63. The van der Waals surface area contributed by atoms with E-state index in [1.54, 1.807) is 25.1 Å². The maximum Gasteiger partial charge on any atom is 0.251 e. The third-order valence-corrected chi connectivity index (χ3v) is 6.71. The summed E-state index contributed by atoms with van der Waals surface area (Å²) in [4.78, 5) is 24.3. The molecule has 168 valence electrons. The van der Waals surface area contributed by atoms with Gasteiger partial charge in [-0.3, -0.25) is 9.78 Å². The number of ether oxygens (including phenoxy) is 1. The van der Waals surface area contributed by atoms with Crippen molar-refractivity contribution >= 4 is 29.1 Å². The number of hydrogen-bond donors (Lipinski definition) is 1. The van der Waals surface area contributed by atoms with Crippen LogP contribution in [0.25, 0.3) is 0 Å². The molecular formula is C28H23N3O2S.